The minimum atomic E-state index is -0.224. The van der Waals surface area contributed by atoms with Crippen molar-refractivity contribution in [2.24, 2.45) is 0 Å². The van der Waals surface area contributed by atoms with Gasteiger partial charge >= 0.3 is 0 Å². The van der Waals surface area contributed by atoms with Crippen LogP contribution >= 0.6 is 0 Å². The number of rotatable bonds is 4. The number of ether oxygens (including phenoxy) is 1. The Kier molecular flexibility index (Phi) is 3.49. The SMILES string of the molecule is Fc1ccc(COc2cnn(C3CCCC3)c2)cc1. The Balaban J connectivity index is 1.59. The molecule has 2 aromatic rings. The second-order valence-corrected chi connectivity index (χ2v) is 5.01. The first-order valence-electron chi connectivity index (χ1n) is 6.73. The molecule has 0 aliphatic heterocycles. The molecule has 0 radical (unpaired) electrons. The summed E-state index contributed by atoms with van der Waals surface area (Å²) in [7, 11) is 0. The fourth-order valence-corrected chi connectivity index (χ4v) is 2.51. The molecule has 0 atom stereocenters. The predicted molar refractivity (Wildman–Crippen MR) is 70.5 cm³/mol. The molecule has 0 N–H and O–H groups in total. The van der Waals surface area contributed by atoms with Gasteiger partial charge in [-0.15, -0.1) is 0 Å². The van der Waals surface area contributed by atoms with Gasteiger partial charge < -0.3 is 4.74 Å². The molecule has 100 valence electrons. The van der Waals surface area contributed by atoms with Crippen LogP contribution in [-0.2, 0) is 6.61 Å². The molecular formula is C15H17FN2O. The van der Waals surface area contributed by atoms with Gasteiger partial charge in [-0.25, -0.2) is 4.39 Å². The lowest BCUT2D eigenvalue weighted by Crippen LogP contribution is -2.04. The molecule has 3 nitrogen and oxygen atoms in total. The van der Waals surface area contributed by atoms with Gasteiger partial charge in [0, 0.05) is 0 Å². The third kappa shape index (κ3) is 2.95. The second-order valence-electron chi connectivity index (χ2n) is 5.01. The van der Waals surface area contributed by atoms with E-state index in [1.54, 1.807) is 18.3 Å². The van der Waals surface area contributed by atoms with E-state index in [0.717, 1.165) is 11.3 Å². The predicted octanol–water partition coefficient (Wildman–Crippen LogP) is 3.72. The van der Waals surface area contributed by atoms with Crippen LogP contribution in [0.4, 0.5) is 4.39 Å². The average Bonchev–Trinajstić information content (AvgIpc) is 3.09. The minimum absolute atomic E-state index is 0.224. The topological polar surface area (TPSA) is 27.1 Å². The molecule has 0 amide bonds. The minimum Gasteiger partial charge on any atom is -0.486 e. The summed E-state index contributed by atoms with van der Waals surface area (Å²) in [6.07, 6.45) is 8.70. The molecule has 0 saturated heterocycles. The van der Waals surface area contributed by atoms with Gasteiger partial charge in [-0.05, 0) is 30.5 Å². The number of benzene rings is 1. The molecule has 1 heterocycles. The number of halogens is 1. The first-order valence-corrected chi connectivity index (χ1v) is 6.73. The molecule has 0 bridgehead atoms. The lowest BCUT2D eigenvalue weighted by atomic mass is 10.2. The van der Waals surface area contributed by atoms with Crippen molar-refractivity contribution in [3.63, 3.8) is 0 Å². The standard InChI is InChI=1S/C15H17FN2O/c16-13-7-5-12(6-8-13)11-19-15-9-17-18(10-15)14-3-1-2-4-14/h5-10,14H,1-4,11H2. The van der Waals surface area contributed by atoms with E-state index >= 15 is 0 Å². The van der Waals surface area contributed by atoms with Gasteiger partial charge in [0.05, 0.1) is 18.4 Å². The maximum Gasteiger partial charge on any atom is 0.157 e. The van der Waals surface area contributed by atoms with Crippen LogP contribution in [0, 0.1) is 5.82 Å². The summed E-state index contributed by atoms with van der Waals surface area (Å²) in [5.74, 6) is 0.550. The van der Waals surface area contributed by atoms with Crippen LogP contribution in [0.5, 0.6) is 5.75 Å². The van der Waals surface area contributed by atoms with Gasteiger partial charge in [-0.2, -0.15) is 5.10 Å². The molecule has 19 heavy (non-hydrogen) atoms. The van der Waals surface area contributed by atoms with Crippen LogP contribution in [0.1, 0.15) is 37.3 Å². The highest BCUT2D eigenvalue weighted by Crippen LogP contribution is 2.29. The Morgan fingerprint density at radius 2 is 1.95 bits per heavy atom. The Bertz CT molecular complexity index is 529. The molecule has 1 aliphatic rings. The molecule has 3 rings (SSSR count). The smallest absolute Gasteiger partial charge is 0.157 e. The van der Waals surface area contributed by atoms with E-state index in [1.165, 1.54) is 37.8 Å². The van der Waals surface area contributed by atoms with Crippen molar-refractivity contribution in [2.45, 2.75) is 38.3 Å². The molecular weight excluding hydrogens is 243 g/mol. The van der Waals surface area contributed by atoms with Gasteiger partial charge in [-0.3, -0.25) is 4.68 Å². The van der Waals surface area contributed by atoms with E-state index < -0.39 is 0 Å². The number of hydrogen-bond acceptors (Lipinski definition) is 2. The summed E-state index contributed by atoms with van der Waals surface area (Å²) < 4.78 is 20.4. The normalized spacial score (nSPS) is 15.8. The summed E-state index contributed by atoms with van der Waals surface area (Å²) in [6.45, 7) is 0.441. The lowest BCUT2D eigenvalue weighted by molar-refractivity contribution is 0.305. The van der Waals surface area contributed by atoms with E-state index in [-0.39, 0.29) is 5.82 Å². The maximum atomic E-state index is 12.8. The highest BCUT2D eigenvalue weighted by Gasteiger charge is 2.17. The first-order chi connectivity index (χ1) is 9.31. The molecule has 1 saturated carbocycles. The largest absolute Gasteiger partial charge is 0.486 e. The number of nitrogens with zero attached hydrogens (tertiary/aromatic N) is 2. The summed E-state index contributed by atoms with van der Waals surface area (Å²) in [4.78, 5) is 0. The van der Waals surface area contributed by atoms with Crippen LogP contribution < -0.4 is 4.74 Å². The average molecular weight is 260 g/mol. The van der Waals surface area contributed by atoms with E-state index in [2.05, 4.69) is 5.10 Å². The van der Waals surface area contributed by atoms with Crippen LogP contribution in [0.2, 0.25) is 0 Å². The third-order valence-corrected chi connectivity index (χ3v) is 3.60. The highest BCUT2D eigenvalue weighted by molar-refractivity contribution is 5.18. The van der Waals surface area contributed by atoms with E-state index in [0.29, 0.717) is 12.6 Å². The zero-order chi connectivity index (χ0) is 13.1. The van der Waals surface area contributed by atoms with Gasteiger partial charge in [-0.1, -0.05) is 25.0 Å². The first kappa shape index (κ1) is 12.2. The molecule has 1 aromatic carbocycles. The van der Waals surface area contributed by atoms with Crippen molar-refractivity contribution in [1.29, 1.82) is 0 Å². The highest BCUT2D eigenvalue weighted by atomic mass is 19.1. The summed E-state index contributed by atoms with van der Waals surface area (Å²) in [6, 6.07) is 6.89. The summed E-state index contributed by atoms with van der Waals surface area (Å²) >= 11 is 0. The Morgan fingerprint density at radius 1 is 1.21 bits per heavy atom. The molecule has 1 aliphatic carbocycles. The Hall–Kier alpha value is -1.84. The summed E-state index contributed by atoms with van der Waals surface area (Å²) in [5, 5.41) is 4.36. The van der Waals surface area contributed by atoms with Crippen molar-refractivity contribution in [1.82, 2.24) is 9.78 Å². The van der Waals surface area contributed by atoms with Gasteiger partial charge in [0.2, 0.25) is 0 Å². The molecule has 4 heteroatoms. The van der Waals surface area contributed by atoms with Crippen molar-refractivity contribution in [3.05, 3.63) is 48.0 Å². The monoisotopic (exact) mass is 260 g/mol. The van der Waals surface area contributed by atoms with Crippen LogP contribution in [-0.4, -0.2) is 9.78 Å². The third-order valence-electron chi connectivity index (χ3n) is 3.60. The number of hydrogen-bond donors (Lipinski definition) is 0. The van der Waals surface area contributed by atoms with Crippen molar-refractivity contribution >= 4 is 0 Å². The molecule has 0 spiro atoms. The van der Waals surface area contributed by atoms with Gasteiger partial charge in [0.1, 0.15) is 12.4 Å². The summed E-state index contributed by atoms with van der Waals surface area (Å²) in [5.41, 5.74) is 0.954. The molecule has 0 unspecified atom stereocenters. The fourth-order valence-electron chi connectivity index (χ4n) is 2.51. The molecule has 1 fully saturated rings. The Labute approximate surface area is 112 Å². The van der Waals surface area contributed by atoms with Crippen LogP contribution in [0.25, 0.3) is 0 Å². The zero-order valence-electron chi connectivity index (χ0n) is 10.8. The fraction of sp³-hybridized carbons (Fsp3) is 0.400. The van der Waals surface area contributed by atoms with Crippen LogP contribution in [0.15, 0.2) is 36.7 Å². The quantitative estimate of drug-likeness (QED) is 0.837. The van der Waals surface area contributed by atoms with E-state index in [4.69, 9.17) is 4.74 Å². The van der Waals surface area contributed by atoms with Crippen molar-refractivity contribution in [2.75, 3.05) is 0 Å². The van der Waals surface area contributed by atoms with Crippen molar-refractivity contribution in [3.8, 4) is 5.75 Å². The maximum absolute atomic E-state index is 12.8. The zero-order valence-corrected chi connectivity index (χ0v) is 10.8. The number of aromatic nitrogens is 2. The Morgan fingerprint density at radius 3 is 2.68 bits per heavy atom. The van der Waals surface area contributed by atoms with Crippen molar-refractivity contribution < 1.29 is 9.13 Å². The molecule has 1 aromatic heterocycles. The van der Waals surface area contributed by atoms with Gasteiger partial charge in [0.25, 0.3) is 0 Å². The van der Waals surface area contributed by atoms with Gasteiger partial charge in [0.15, 0.2) is 5.75 Å². The van der Waals surface area contributed by atoms with Crippen LogP contribution in [0.3, 0.4) is 0 Å². The second kappa shape index (κ2) is 5.43. The van der Waals surface area contributed by atoms with E-state index in [1.807, 2.05) is 10.9 Å². The lowest BCUT2D eigenvalue weighted by Gasteiger charge is -2.08. The van der Waals surface area contributed by atoms with E-state index in [9.17, 15) is 4.39 Å².